The molecule has 3 rings (SSSR count). The van der Waals surface area contributed by atoms with E-state index in [0.717, 1.165) is 11.7 Å². The van der Waals surface area contributed by atoms with Crippen LogP contribution in [0.4, 0.5) is 5.69 Å². The number of amides is 2. The number of hydrogen-bond donors (Lipinski definition) is 2. The molecular formula is C16H16N4O4S. The zero-order valence-electron chi connectivity index (χ0n) is 13.2. The molecule has 2 N–H and O–H groups in total. The lowest BCUT2D eigenvalue weighted by Crippen LogP contribution is -2.40. The van der Waals surface area contributed by atoms with Crippen LogP contribution in [0.3, 0.4) is 0 Å². The van der Waals surface area contributed by atoms with Crippen molar-refractivity contribution in [2.45, 2.75) is 12.8 Å². The average molecular weight is 360 g/mol. The second-order valence-corrected chi connectivity index (χ2v) is 6.29. The summed E-state index contributed by atoms with van der Waals surface area (Å²) in [6.45, 7) is 0.871. The number of carboxylic acid groups (broad SMARTS) is 1. The van der Waals surface area contributed by atoms with Crippen LogP contribution in [-0.2, 0) is 4.79 Å². The summed E-state index contributed by atoms with van der Waals surface area (Å²) in [5.41, 5.74) is 1.30. The van der Waals surface area contributed by atoms with Crippen molar-refractivity contribution in [2.75, 3.05) is 18.4 Å². The van der Waals surface area contributed by atoms with Crippen LogP contribution in [0, 0.1) is 5.92 Å². The molecule has 0 radical (unpaired) electrons. The maximum atomic E-state index is 12.5. The molecule has 1 saturated heterocycles. The van der Waals surface area contributed by atoms with Crippen LogP contribution >= 0.6 is 11.7 Å². The van der Waals surface area contributed by atoms with Gasteiger partial charge in [0.1, 0.15) is 0 Å². The Hall–Kier alpha value is -2.81. The number of rotatable bonds is 4. The Balaban J connectivity index is 1.59. The number of hydrogen-bond acceptors (Lipinski definition) is 6. The van der Waals surface area contributed by atoms with Gasteiger partial charge in [0.15, 0.2) is 5.69 Å². The van der Waals surface area contributed by atoms with E-state index in [2.05, 4.69) is 14.1 Å². The molecule has 1 aromatic heterocycles. The first-order valence-corrected chi connectivity index (χ1v) is 8.48. The zero-order valence-corrected chi connectivity index (χ0v) is 14.0. The largest absolute Gasteiger partial charge is 0.481 e. The number of benzene rings is 1. The van der Waals surface area contributed by atoms with Crippen molar-refractivity contribution in [3.8, 4) is 0 Å². The third kappa shape index (κ3) is 4.00. The Labute approximate surface area is 147 Å². The molecule has 0 bridgehead atoms. The van der Waals surface area contributed by atoms with E-state index < -0.39 is 5.97 Å². The molecule has 25 heavy (non-hydrogen) atoms. The molecule has 0 unspecified atom stereocenters. The lowest BCUT2D eigenvalue weighted by Gasteiger charge is -2.30. The van der Waals surface area contributed by atoms with Crippen molar-refractivity contribution < 1.29 is 19.5 Å². The fourth-order valence-corrected chi connectivity index (χ4v) is 3.08. The van der Waals surface area contributed by atoms with E-state index in [1.807, 2.05) is 0 Å². The van der Waals surface area contributed by atoms with E-state index in [1.165, 1.54) is 6.20 Å². The number of carbonyl (C=O) groups excluding carboxylic acids is 2. The summed E-state index contributed by atoms with van der Waals surface area (Å²) < 4.78 is 7.63. The minimum atomic E-state index is -0.803. The van der Waals surface area contributed by atoms with E-state index in [9.17, 15) is 14.4 Å². The third-order valence-corrected chi connectivity index (χ3v) is 4.59. The Kier molecular flexibility index (Phi) is 5.03. The lowest BCUT2D eigenvalue weighted by atomic mass is 9.96. The Bertz CT molecular complexity index is 768. The van der Waals surface area contributed by atoms with Crippen LogP contribution in [-0.4, -0.2) is 49.6 Å². The van der Waals surface area contributed by atoms with Gasteiger partial charge in [0.25, 0.3) is 11.8 Å². The molecule has 130 valence electrons. The Morgan fingerprint density at radius 1 is 1.16 bits per heavy atom. The molecular weight excluding hydrogens is 344 g/mol. The lowest BCUT2D eigenvalue weighted by molar-refractivity contribution is -0.143. The standard InChI is InChI=1S/C16H16N4O4S/c21-14(13-9-17-25-19-13)18-12-3-1-10(2-4-12)15(22)20-7-5-11(6-8-20)16(23)24/h1-4,9,11H,5-8H2,(H,18,21)(H,23,24). The summed E-state index contributed by atoms with van der Waals surface area (Å²) in [6.07, 6.45) is 2.33. The molecule has 8 nitrogen and oxygen atoms in total. The fourth-order valence-electron chi connectivity index (χ4n) is 2.67. The maximum absolute atomic E-state index is 12.5. The molecule has 1 aromatic carbocycles. The van der Waals surface area contributed by atoms with Crippen molar-refractivity contribution in [3.05, 3.63) is 41.7 Å². The van der Waals surface area contributed by atoms with Gasteiger partial charge in [0.2, 0.25) is 0 Å². The predicted molar refractivity (Wildman–Crippen MR) is 90.6 cm³/mol. The molecule has 2 amide bonds. The van der Waals surface area contributed by atoms with Crippen LogP contribution in [0.2, 0.25) is 0 Å². The zero-order chi connectivity index (χ0) is 17.8. The van der Waals surface area contributed by atoms with E-state index in [1.54, 1.807) is 29.2 Å². The fraction of sp³-hybridized carbons (Fsp3) is 0.312. The second kappa shape index (κ2) is 7.39. The molecule has 0 spiro atoms. The second-order valence-electron chi connectivity index (χ2n) is 5.73. The molecule has 0 atom stereocenters. The minimum Gasteiger partial charge on any atom is -0.481 e. The highest BCUT2D eigenvalue weighted by Gasteiger charge is 2.27. The highest BCUT2D eigenvalue weighted by Crippen LogP contribution is 2.20. The Morgan fingerprint density at radius 3 is 2.40 bits per heavy atom. The van der Waals surface area contributed by atoms with Gasteiger partial charge in [-0.3, -0.25) is 14.4 Å². The first-order chi connectivity index (χ1) is 12.0. The van der Waals surface area contributed by atoms with Gasteiger partial charge in [-0.25, -0.2) is 0 Å². The van der Waals surface area contributed by atoms with Crippen LogP contribution in [0.15, 0.2) is 30.5 Å². The molecule has 2 heterocycles. The van der Waals surface area contributed by atoms with Gasteiger partial charge < -0.3 is 15.3 Å². The van der Waals surface area contributed by atoms with Gasteiger partial charge in [-0.15, -0.1) is 0 Å². The van der Waals surface area contributed by atoms with Gasteiger partial charge in [0, 0.05) is 24.3 Å². The monoisotopic (exact) mass is 360 g/mol. The highest BCUT2D eigenvalue weighted by atomic mass is 32.1. The summed E-state index contributed by atoms with van der Waals surface area (Å²) in [5, 5.41) is 11.7. The summed E-state index contributed by atoms with van der Waals surface area (Å²) in [5.74, 6) is -1.67. The van der Waals surface area contributed by atoms with E-state index in [0.29, 0.717) is 37.2 Å². The topological polar surface area (TPSA) is 112 Å². The Morgan fingerprint density at radius 2 is 1.84 bits per heavy atom. The number of anilines is 1. The molecule has 1 aliphatic heterocycles. The van der Waals surface area contributed by atoms with Crippen LogP contribution in [0.5, 0.6) is 0 Å². The van der Waals surface area contributed by atoms with E-state index in [4.69, 9.17) is 5.11 Å². The molecule has 0 saturated carbocycles. The van der Waals surface area contributed by atoms with Gasteiger partial charge in [-0.1, -0.05) is 0 Å². The SMILES string of the molecule is O=C(Nc1ccc(C(=O)N2CCC(C(=O)O)CC2)cc1)c1cnsn1. The number of carbonyl (C=O) groups is 3. The number of aromatic nitrogens is 2. The van der Waals surface area contributed by atoms with E-state index in [-0.39, 0.29) is 23.4 Å². The van der Waals surface area contributed by atoms with Crippen molar-refractivity contribution in [3.63, 3.8) is 0 Å². The highest BCUT2D eigenvalue weighted by molar-refractivity contribution is 6.99. The van der Waals surface area contributed by atoms with Gasteiger partial charge in [-0.05, 0) is 37.1 Å². The normalized spacial score (nSPS) is 15.0. The smallest absolute Gasteiger partial charge is 0.306 e. The number of nitrogens with zero attached hydrogens (tertiary/aromatic N) is 3. The van der Waals surface area contributed by atoms with Crippen LogP contribution in [0.1, 0.15) is 33.7 Å². The minimum absolute atomic E-state index is 0.134. The first-order valence-electron chi connectivity index (χ1n) is 7.75. The van der Waals surface area contributed by atoms with Gasteiger partial charge in [-0.2, -0.15) is 8.75 Å². The molecule has 1 aliphatic rings. The third-order valence-electron chi connectivity index (χ3n) is 4.12. The van der Waals surface area contributed by atoms with Crippen molar-refractivity contribution in [1.82, 2.24) is 13.6 Å². The first kappa shape index (κ1) is 17.0. The molecule has 1 fully saturated rings. The quantitative estimate of drug-likeness (QED) is 0.858. The van der Waals surface area contributed by atoms with Crippen LogP contribution in [0.25, 0.3) is 0 Å². The summed E-state index contributed by atoms with van der Waals surface area (Å²) in [4.78, 5) is 37.0. The van der Waals surface area contributed by atoms with Crippen molar-refractivity contribution >= 4 is 35.2 Å². The number of aliphatic carboxylic acids is 1. The number of piperidine rings is 1. The average Bonchev–Trinajstić information content (AvgIpc) is 3.17. The maximum Gasteiger partial charge on any atom is 0.306 e. The number of carboxylic acids is 1. The van der Waals surface area contributed by atoms with Crippen molar-refractivity contribution in [2.24, 2.45) is 5.92 Å². The predicted octanol–water partition coefficient (Wildman–Crippen LogP) is 1.73. The van der Waals surface area contributed by atoms with Gasteiger partial charge >= 0.3 is 5.97 Å². The van der Waals surface area contributed by atoms with Gasteiger partial charge in [0.05, 0.1) is 23.8 Å². The number of likely N-dealkylation sites (tertiary alicyclic amines) is 1. The van der Waals surface area contributed by atoms with Crippen molar-refractivity contribution in [1.29, 1.82) is 0 Å². The summed E-state index contributed by atoms with van der Waals surface area (Å²) in [6, 6.07) is 6.57. The molecule has 0 aliphatic carbocycles. The number of nitrogens with one attached hydrogen (secondary N) is 1. The van der Waals surface area contributed by atoms with Crippen LogP contribution < -0.4 is 5.32 Å². The molecule has 9 heteroatoms. The summed E-state index contributed by atoms with van der Waals surface area (Å²) >= 11 is 0.955. The van der Waals surface area contributed by atoms with E-state index >= 15 is 0 Å². The summed E-state index contributed by atoms with van der Waals surface area (Å²) in [7, 11) is 0. The molecule has 2 aromatic rings.